The van der Waals surface area contributed by atoms with Gasteiger partial charge in [0.15, 0.2) is 6.04 Å². The number of ether oxygens (including phenoxy) is 1. The molecule has 0 aliphatic carbocycles. The van der Waals surface area contributed by atoms with Crippen LogP contribution in [0.25, 0.3) is 0 Å². The molecule has 23 heavy (non-hydrogen) atoms. The Hall–Kier alpha value is -1.83. The SMILES string of the molecule is CC(O)C(NC(=O)C1CCCN(C(=O)OC(C)(C)C)C1)C(=O)O. The van der Waals surface area contributed by atoms with Crippen molar-refractivity contribution >= 4 is 18.0 Å². The molecule has 0 bridgehead atoms. The molecule has 1 rings (SSSR count). The summed E-state index contributed by atoms with van der Waals surface area (Å²) in [4.78, 5) is 36.7. The van der Waals surface area contributed by atoms with Crippen molar-refractivity contribution in [1.29, 1.82) is 0 Å². The number of hydrogen-bond donors (Lipinski definition) is 3. The van der Waals surface area contributed by atoms with Gasteiger partial charge in [-0.3, -0.25) is 4.79 Å². The average molecular weight is 330 g/mol. The minimum atomic E-state index is -1.36. The van der Waals surface area contributed by atoms with Gasteiger partial charge in [0, 0.05) is 13.1 Å². The molecule has 0 spiro atoms. The highest BCUT2D eigenvalue weighted by molar-refractivity contribution is 5.86. The second-order valence-electron chi connectivity index (χ2n) is 6.83. The number of rotatable bonds is 4. The highest BCUT2D eigenvalue weighted by atomic mass is 16.6. The van der Waals surface area contributed by atoms with Gasteiger partial charge in [-0.1, -0.05) is 0 Å². The Morgan fingerprint density at radius 2 is 1.91 bits per heavy atom. The molecule has 3 N–H and O–H groups in total. The van der Waals surface area contributed by atoms with Gasteiger partial charge in [0.2, 0.25) is 5.91 Å². The molecule has 0 aromatic heterocycles. The zero-order valence-electron chi connectivity index (χ0n) is 14.0. The highest BCUT2D eigenvalue weighted by Gasteiger charge is 2.33. The number of aliphatic carboxylic acids is 1. The van der Waals surface area contributed by atoms with Gasteiger partial charge < -0.3 is 25.2 Å². The summed E-state index contributed by atoms with van der Waals surface area (Å²) in [5.41, 5.74) is -0.618. The molecule has 3 atom stereocenters. The Morgan fingerprint density at radius 1 is 1.30 bits per heavy atom. The van der Waals surface area contributed by atoms with Crippen LogP contribution in [0.15, 0.2) is 0 Å². The van der Waals surface area contributed by atoms with Crippen molar-refractivity contribution in [1.82, 2.24) is 10.2 Å². The summed E-state index contributed by atoms with van der Waals surface area (Å²) in [7, 11) is 0. The second kappa shape index (κ2) is 7.63. The molecule has 0 saturated carbocycles. The van der Waals surface area contributed by atoms with Crippen LogP contribution >= 0.6 is 0 Å². The van der Waals surface area contributed by atoms with E-state index in [1.807, 2.05) is 0 Å². The zero-order chi connectivity index (χ0) is 17.8. The van der Waals surface area contributed by atoms with Crippen LogP contribution in [0.4, 0.5) is 4.79 Å². The molecule has 1 aliphatic heterocycles. The Labute approximate surface area is 135 Å². The fraction of sp³-hybridized carbons (Fsp3) is 0.800. The van der Waals surface area contributed by atoms with E-state index in [9.17, 15) is 19.5 Å². The molecule has 0 aromatic rings. The summed E-state index contributed by atoms with van der Waals surface area (Å²) >= 11 is 0. The fourth-order valence-corrected chi connectivity index (χ4v) is 2.34. The number of likely N-dealkylation sites (tertiary alicyclic amines) is 1. The topological polar surface area (TPSA) is 116 Å². The monoisotopic (exact) mass is 330 g/mol. The lowest BCUT2D eigenvalue weighted by Gasteiger charge is -2.34. The standard InChI is InChI=1S/C15H26N2O6/c1-9(18)11(13(20)21)16-12(19)10-6-5-7-17(8-10)14(22)23-15(2,3)4/h9-11,18H,5-8H2,1-4H3,(H,16,19)(H,20,21). The molecular weight excluding hydrogens is 304 g/mol. The maximum atomic E-state index is 12.2. The summed E-state index contributed by atoms with van der Waals surface area (Å²) in [5, 5.41) is 20.7. The van der Waals surface area contributed by atoms with Crippen molar-refractivity contribution in [3.05, 3.63) is 0 Å². The second-order valence-corrected chi connectivity index (χ2v) is 6.83. The normalized spacial score (nSPS) is 21.3. The first-order valence-corrected chi connectivity index (χ1v) is 7.70. The summed E-state index contributed by atoms with van der Waals surface area (Å²) in [5.74, 6) is -2.29. The number of amides is 2. The lowest BCUT2D eigenvalue weighted by molar-refractivity contribution is -0.145. The van der Waals surface area contributed by atoms with Gasteiger partial charge >= 0.3 is 12.1 Å². The first-order chi connectivity index (χ1) is 10.5. The first-order valence-electron chi connectivity index (χ1n) is 7.70. The van der Waals surface area contributed by atoms with Gasteiger partial charge in [-0.25, -0.2) is 9.59 Å². The van der Waals surface area contributed by atoms with E-state index < -0.39 is 41.6 Å². The van der Waals surface area contributed by atoms with E-state index in [0.29, 0.717) is 19.4 Å². The number of nitrogens with one attached hydrogen (secondary N) is 1. The van der Waals surface area contributed by atoms with Gasteiger partial charge in [-0.05, 0) is 40.5 Å². The van der Waals surface area contributed by atoms with E-state index in [4.69, 9.17) is 9.84 Å². The molecule has 1 aliphatic rings. The highest BCUT2D eigenvalue weighted by Crippen LogP contribution is 2.19. The molecule has 0 aromatic carbocycles. The number of carboxylic acids is 1. The van der Waals surface area contributed by atoms with E-state index in [0.717, 1.165) is 0 Å². The van der Waals surface area contributed by atoms with Crippen molar-refractivity contribution in [3.63, 3.8) is 0 Å². The minimum absolute atomic E-state index is 0.174. The van der Waals surface area contributed by atoms with Crippen LogP contribution in [0.3, 0.4) is 0 Å². The van der Waals surface area contributed by atoms with Crippen molar-refractivity contribution in [2.45, 2.75) is 58.3 Å². The largest absolute Gasteiger partial charge is 0.480 e. The number of hydrogen-bond acceptors (Lipinski definition) is 5. The smallest absolute Gasteiger partial charge is 0.410 e. The van der Waals surface area contributed by atoms with Crippen LogP contribution in [-0.2, 0) is 14.3 Å². The molecule has 3 unspecified atom stereocenters. The van der Waals surface area contributed by atoms with E-state index in [1.54, 1.807) is 20.8 Å². The fourth-order valence-electron chi connectivity index (χ4n) is 2.34. The van der Waals surface area contributed by atoms with E-state index in [2.05, 4.69) is 5.32 Å². The minimum Gasteiger partial charge on any atom is -0.480 e. The lowest BCUT2D eigenvalue weighted by atomic mass is 9.96. The van der Waals surface area contributed by atoms with Crippen molar-refractivity contribution in [2.75, 3.05) is 13.1 Å². The Morgan fingerprint density at radius 3 is 2.39 bits per heavy atom. The van der Waals surface area contributed by atoms with Crippen molar-refractivity contribution < 1.29 is 29.3 Å². The molecule has 1 heterocycles. The summed E-state index contributed by atoms with van der Waals surface area (Å²) in [6.45, 7) is 7.26. The predicted molar refractivity (Wildman–Crippen MR) is 81.8 cm³/mol. The van der Waals surface area contributed by atoms with Crippen LogP contribution in [0.2, 0.25) is 0 Å². The summed E-state index contributed by atoms with van der Waals surface area (Å²) in [6, 6.07) is -1.36. The third kappa shape index (κ3) is 6.05. The molecule has 2 amide bonds. The maximum absolute atomic E-state index is 12.2. The molecule has 0 radical (unpaired) electrons. The van der Waals surface area contributed by atoms with Crippen molar-refractivity contribution in [3.8, 4) is 0 Å². The molecule has 1 saturated heterocycles. The van der Waals surface area contributed by atoms with Gasteiger partial charge in [0.05, 0.1) is 12.0 Å². The molecule has 8 heteroatoms. The van der Waals surface area contributed by atoms with Crippen LogP contribution in [0, 0.1) is 5.92 Å². The van der Waals surface area contributed by atoms with Crippen LogP contribution in [0.1, 0.15) is 40.5 Å². The number of aliphatic hydroxyl groups is 1. The van der Waals surface area contributed by atoms with Crippen LogP contribution in [-0.4, -0.2) is 63.9 Å². The Kier molecular flexibility index (Phi) is 6.37. The third-order valence-electron chi connectivity index (χ3n) is 3.49. The number of aliphatic hydroxyl groups excluding tert-OH is 1. The number of carboxylic acid groups (broad SMARTS) is 1. The van der Waals surface area contributed by atoms with Crippen molar-refractivity contribution in [2.24, 2.45) is 5.92 Å². The van der Waals surface area contributed by atoms with E-state index in [-0.39, 0.29) is 6.54 Å². The number of carbonyl (C=O) groups is 3. The molecular formula is C15H26N2O6. The molecule has 132 valence electrons. The van der Waals surface area contributed by atoms with E-state index >= 15 is 0 Å². The Balaban J connectivity index is 2.65. The van der Waals surface area contributed by atoms with Gasteiger partial charge in [0.1, 0.15) is 5.60 Å². The number of carbonyl (C=O) groups excluding carboxylic acids is 2. The quantitative estimate of drug-likeness (QED) is 0.694. The van der Waals surface area contributed by atoms with Crippen LogP contribution < -0.4 is 5.32 Å². The van der Waals surface area contributed by atoms with Gasteiger partial charge in [-0.2, -0.15) is 0 Å². The number of piperidine rings is 1. The van der Waals surface area contributed by atoms with Gasteiger partial charge in [0.25, 0.3) is 0 Å². The third-order valence-corrected chi connectivity index (χ3v) is 3.49. The average Bonchev–Trinajstić information content (AvgIpc) is 2.42. The maximum Gasteiger partial charge on any atom is 0.410 e. The number of nitrogens with zero attached hydrogens (tertiary/aromatic N) is 1. The Bertz CT molecular complexity index is 457. The summed E-state index contributed by atoms with van der Waals surface area (Å²) in [6.07, 6.45) is -0.511. The first kappa shape index (κ1) is 19.2. The molecule has 1 fully saturated rings. The summed E-state index contributed by atoms with van der Waals surface area (Å²) < 4.78 is 5.28. The zero-order valence-corrected chi connectivity index (χ0v) is 14.0. The lowest BCUT2D eigenvalue weighted by Crippen LogP contribution is -2.53. The van der Waals surface area contributed by atoms with E-state index in [1.165, 1.54) is 11.8 Å². The van der Waals surface area contributed by atoms with Gasteiger partial charge in [-0.15, -0.1) is 0 Å². The molecule has 8 nitrogen and oxygen atoms in total. The van der Waals surface area contributed by atoms with Crippen LogP contribution in [0.5, 0.6) is 0 Å². The predicted octanol–water partition coefficient (Wildman–Crippen LogP) is 0.584.